The van der Waals surface area contributed by atoms with E-state index in [1.54, 1.807) is 67.1 Å². The molecule has 0 atom stereocenters. The first-order valence-corrected chi connectivity index (χ1v) is 11.6. The summed E-state index contributed by atoms with van der Waals surface area (Å²) >= 11 is 6.28. The highest BCUT2D eigenvalue weighted by atomic mass is 35.5. The van der Waals surface area contributed by atoms with Gasteiger partial charge >= 0.3 is 5.97 Å². The van der Waals surface area contributed by atoms with Gasteiger partial charge in [-0.05, 0) is 55.5 Å². The molecule has 0 saturated carbocycles. The van der Waals surface area contributed by atoms with Gasteiger partial charge in [0.15, 0.2) is 5.65 Å². The molecule has 0 spiro atoms. The minimum atomic E-state index is -0.631. The van der Waals surface area contributed by atoms with Crippen LogP contribution in [-0.2, 0) is 4.74 Å². The van der Waals surface area contributed by atoms with Gasteiger partial charge < -0.3 is 14.8 Å². The Balaban J connectivity index is 1.82. The smallest absolute Gasteiger partial charge is 0.344 e. The molecule has 0 unspecified atom stereocenters. The lowest BCUT2D eigenvalue weighted by molar-refractivity contribution is 0.0529. The molecular formula is C27H21ClN4O4. The number of carbonyl (C=O) groups excluding carboxylic acids is 2. The lowest BCUT2D eigenvalue weighted by Gasteiger charge is -2.14. The molecule has 1 N–H and O–H groups in total. The Bertz CT molecular complexity index is 1610. The number of ether oxygens (including phenoxy) is 2. The second-order valence-corrected chi connectivity index (χ2v) is 8.20. The largest absolute Gasteiger partial charge is 0.497 e. The quantitative estimate of drug-likeness (QED) is 0.302. The normalized spacial score (nSPS) is 11.0. The van der Waals surface area contributed by atoms with E-state index in [1.807, 2.05) is 24.3 Å². The van der Waals surface area contributed by atoms with Crippen molar-refractivity contribution in [1.29, 1.82) is 0 Å². The summed E-state index contributed by atoms with van der Waals surface area (Å²) in [5, 5.41) is 3.15. The highest BCUT2D eigenvalue weighted by Crippen LogP contribution is 2.34. The topological polar surface area (TPSA) is 95.3 Å². The highest BCUT2D eigenvalue weighted by molar-refractivity contribution is 6.34. The van der Waals surface area contributed by atoms with Crippen LogP contribution in [0.1, 0.15) is 27.6 Å². The molecule has 0 bridgehead atoms. The summed E-state index contributed by atoms with van der Waals surface area (Å²) in [4.78, 5) is 36.1. The van der Waals surface area contributed by atoms with Crippen molar-refractivity contribution in [2.24, 2.45) is 0 Å². The van der Waals surface area contributed by atoms with E-state index in [1.165, 1.54) is 0 Å². The summed E-state index contributed by atoms with van der Waals surface area (Å²) in [7, 11) is 1.58. The van der Waals surface area contributed by atoms with Gasteiger partial charge in [-0.2, -0.15) is 0 Å². The number of esters is 1. The van der Waals surface area contributed by atoms with Gasteiger partial charge in [0.2, 0.25) is 0 Å². The first-order valence-electron chi connectivity index (χ1n) is 11.2. The molecule has 9 heteroatoms. The van der Waals surface area contributed by atoms with Crippen LogP contribution in [-0.4, -0.2) is 40.1 Å². The number of fused-ring (bicyclic) bond motifs is 2. The van der Waals surface area contributed by atoms with E-state index < -0.39 is 11.9 Å². The SMILES string of the molecule is CCOC(=O)c1c(NC(=O)c2ccccc2Cl)n(-c2ccc(OC)cc2)c2nc3ccccc3nc12. The van der Waals surface area contributed by atoms with Crippen LogP contribution in [0.5, 0.6) is 5.75 Å². The maximum Gasteiger partial charge on any atom is 0.344 e. The number of carbonyl (C=O) groups is 2. The molecule has 0 aliphatic carbocycles. The Labute approximate surface area is 211 Å². The Morgan fingerprint density at radius 2 is 1.61 bits per heavy atom. The summed E-state index contributed by atoms with van der Waals surface area (Å²) in [5.41, 5.74) is 2.92. The molecule has 36 heavy (non-hydrogen) atoms. The zero-order valence-corrected chi connectivity index (χ0v) is 20.2. The molecule has 0 radical (unpaired) electrons. The van der Waals surface area contributed by atoms with Crippen molar-refractivity contribution in [3.8, 4) is 11.4 Å². The van der Waals surface area contributed by atoms with E-state index in [0.29, 0.717) is 33.6 Å². The molecule has 8 nitrogen and oxygen atoms in total. The standard InChI is InChI=1S/C27H21ClN4O4/c1-3-36-27(34)22-23-25(30-21-11-7-6-10-20(21)29-23)32(16-12-14-17(35-2)15-13-16)24(22)31-26(33)18-8-4-5-9-19(18)28/h4-15H,3H2,1-2H3,(H,31,33). The number of halogens is 1. The van der Waals surface area contributed by atoms with Gasteiger partial charge in [0, 0.05) is 5.69 Å². The molecule has 0 aliphatic rings. The number of anilines is 1. The number of amides is 1. The fourth-order valence-electron chi connectivity index (χ4n) is 3.96. The third kappa shape index (κ3) is 4.12. The molecular weight excluding hydrogens is 480 g/mol. The van der Waals surface area contributed by atoms with Crippen molar-refractivity contribution >= 4 is 51.5 Å². The van der Waals surface area contributed by atoms with Gasteiger partial charge in [-0.3, -0.25) is 9.36 Å². The average Bonchev–Trinajstić information content (AvgIpc) is 3.20. The summed E-state index contributed by atoms with van der Waals surface area (Å²) in [6.45, 7) is 1.86. The molecule has 0 aliphatic heterocycles. The molecule has 3 aromatic carbocycles. The number of methoxy groups -OCH3 is 1. The Kier molecular flexibility index (Phi) is 6.26. The van der Waals surface area contributed by atoms with E-state index in [9.17, 15) is 9.59 Å². The Morgan fingerprint density at radius 3 is 2.28 bits per heavy atom. The van der Waals surface area contributed by atoms with Gasteiger partial charge in [0.25, 0.3) is 5.91 Å². The van der Waals surface area contributed by atoms with Crippen molar-refractivity contribution in [2.75, 3.05) is 19.0 Å². The van der Waals surface area contributed by atoms with Gasteiger partial charge in [0.1, 0.15) is 22.6 Å². The number of para-hydroxylation sites is 2. The fraction of sp³-hybridized carbons (Fsp3) is 0.111. The fourth-order valence-corrected chi connectivity index (χ4v) is 4.18. The van der Waals surface area contributed by atoms with Crippen LogP contribution in [0.15, 0.2) is 72.8 Å². The maximum absolute atomic E-state index is 13.3. The minimum Gasteiger partial charge on any atom is -0.497 e. The van der Waals surface area contributed by atoms with Gasteiger partial charge in [0.05, 0.1) is 35.3 Å². The van der Waals surface area contributed by atoms with Crippen molar-refractivity contribution < 1.29 is 19.1 Å². The van der Waals surface area contributed by atoms with E-state index in [4.69, 9.17) is 31.0 Å². The third-order valence-corrected chi connectivity index (χ3v) is 5.95. The number of aromatic nitrogens is 3. The maximum atomic E-state index is 13.3. The predicted octanol–water partition coefficient (Wildman–Crippen LogP) is 5.66. The zero-order valence-electron chi connectivity index (χ0n) is 19.5. The predicted molar refractivity (Wildman–Crippen MR) is 138 cm³/mol. The van der Waals surface area contributed by atoms with Crippen molar-refractivity contribution in [2.45, 2.75) is 6.92 Å². The van der Waals surface area contributed by atoms with E-state index in [-0.39, 0.29) is 28.6 Å². The highest BCUT2D eigenvalue weighted by Gasteiger charge is 2.29. The number of hydrogen-bond acceptors (Lipinski definition) is 6. The summed E-state index contributed by atoms with van der Waals surface area (Å²) in [6, 6.07) is 21.2. The van der Waals surface area contributed by atoms with Gasteiger partial charge in [-0.15, -0.1) is 0 Å². The summed E-state index contributed by atoms with van der Waals surface area (Å²) in [6.07, 6.45) is 0. The second kappa shape index (κ2) is 9.67. The number of nitrogens with zero attached hydrogens (tertiary/aromatic N) is 3. The second-order valence-electron chi connectivity index (χ2n) is 7.80. The van der Waals surface area contributed by atoms with E-state index in [0.717, 1.165) is 0 Å². The van der Waals surface area contributed by atoms with Crippen molar-refractivity contribution in [3.05, 3.63) is 88.9 Å². The summed E-state index contributed by atoms with van der Waals surface area (Å²) in [5.74, 6) is -0.296. The van der Waals surface area contributed by atoms with E-state index in [2.05, 4.69) is 5.32 Å². The van der Waals surface area contributed by atoms with Crippen LogP contribution in [0, 0.1) is 0 Å². The number of hydrogen-bond donors (Lipinski definition) is 1. The lowest BCUT2D eigenvalue weighted by Crippen LogP contribution is -2.18. The lowest BCUT2D eigenvalue weighted by atomic mass is 10.2. The molecule has 1 amide bonds. The van der Waals surface area contributed by atoms with Crippen LogP contribution in [0.25, 0.3) is 27.9 Å². The average molecular weight is 501 g/mol. The first-order chi connectivity index (χ1) is 17.5. The van der Waals surface area contributed by atoms with Gasteiger partial charge in [-0.1, -0.05) is 35.9 Å². The van der Waals surface area contributed by atoms with Crippen LogP contribution in [0.2, 0.25) is 5.02 Å². The molecule has 180 valence electrons. The van der Waals surface area contributed by atoms with Crippen LogP contribution in [0.3, 0.4) is 0 Å². The van der Waals surface area contributed by atoms with Crippen LogP contribution in [0.4, 0.5) is 5.82 Å². The first kappa shape index (κ1) is 23.3. The molecule has 2 aromatic heterocycles. The third-order valence-electron chi connectivity index (χ3n) is 5.62. The minimum absolute atomic E-state index is 0.0984. The number of rotatable bonds is 6. The number of benzene rings is 3. The molecule has 5 rings (SSSR count). The van der Waals surface area contributed by atoms with Crippen molar-refractivity contribution in [1.82, 2.24) is 14.5 Å². The zero-order chi connectivity index (χ0) is 25.2. The molecule has 0 saturated heterocycles. The van der Waals surface area contributed by atoms with Crippen molar-refractivity contribution in [3.63, 3.8) is 0 Å². The Hall–Kier alpha value is -4.43. The van der Waals surface area contributed by atoms with Crippen LogP contribution < -0.4 is 10.1 Å². The van der Waals surface area contributed by atoms with E-state index >= 15 is 0 Å². The molecule has 0 fully saturated rings. The monoisotopic (exact) mass is 500 g/mol. The van der Waals surface area contributed by atoms with Crippen LogP contribution >= 0.6 is 11.6 Å². The molecule has 2 heterocycles. The molecule has 5 aromatic rings. The number of nitrogens with one attached hydrogen (secondary N) is 1. The summed E-state index contributed by atoms with van der Waals surface area (Å²) < 4.78 is 12.3. The Morgan fingerprint density at radius 1 is 0.944 bits per heavy atom. The van der Waals surface area contributed by atoms with Gasteiger partial charge in [-0.25, -0.2) is 14.8 Å².